The van der Waals surface area contributed by atoms with Crippen molar-refractivity contribution in [3.05, 3.63) is 65.3 Å². The standard InChI is InChI=1S/C23H26N4O2S/c1-3-26-12-13-27(23(29)20-10-11-24-25(20)2)16-19(22(26)28)15-17-6-8-18(9-7-17)21-5-4-14-30-21/h4-11,14,19H,3,12-13,15-16H2,1-2H3/t19-/m1/s1. The van der Waals surface area contributed by atoms with Crippen LogP contribution in [0, 0.1) is 5.92 Å². The lowest BCUT2D eigenvalue weighted by Crippen LogP contribution is -2.38. The van der Waals surface area contributed by atoms with E-state index >= 15 is 0 Å². The predicted molar refractivity (Wildman–Crippen MR) is 118 cm³/mol. The Morgan fingerprint density at radius 3 is 2.60 bits per heavy atom. The second-order valence-corrected chi connectivity index (χ2v) is 8.53. The average molecular weight is 423 g/mol. The van der Waals surface area contributed by atoms with Crippen LogP contribution in [0.3, 0.4) is 0 Å². The van der Waals surface area contributed by atoms with Gasteiger partial charge in [0.1, 0.15) is 5.69 Å². The number of amides is 2. The number of hydrogen-bond donors (Lipinski definition) is 0. The van der Waals surface area contributed by atoms with Crippen molar-refractivity contribution in [2.24, 2.45) is 13.0 Å². The van der Waals surface area contributed by atoms with Crippen LogP contribution in [0.4, 0.5) is 0 Å². The minimum atomic E-state index is -0.253. The lowest BCUT2D eigenvalue weighted by molar-refractivity contribution is -0.134. The van der Waals surface area contributed by atoms with Crippen LogP contribution in [0.25, 0.3) is 10.4 Å². The third-order valence-electron chi connectivity index (χ3n) is 5.69. The predicted octanol–water partition coefficient (Wildman–Crippen LogP) is 3.31. The van der Waals surface area contributed by atoms with Crippen LogP contribution < -0.4 is 0 Å². The fourth-order valence-electron chi connectivity index (χ4n) is 3.97. The van der Waals surface area contributed by atoms with E-state index in [0.717, 1.165) is 5.56 Å². The van der Waals surface area contributed by atoms with Crippen molar-refractivity contribution in [3.8, 4) is 10.4 Å². The molecule has 156 valence electrons. The maximum absolute atomic E-state index is 13.1. The van der Waals surface area contributed by atoms with E-state index in [9.17, 15) is 9.59 Å². The van der Waals surface area contributed by atoms with Crippen molar-refractivity contribution in [2.75, 3.05) is 26.2 Å². The quantitative estimate of drug-likeness (QED) is 0.634. The summed E-state index contributed by atoms with van der Waals surface area (Å²) in [5.41, 5.74) is 2.84. The van der Waals surface area contributed by atoms with Gasteiger partial charge in [0.15, 0.2) is 0 Å². The molecule has 0 bridgehead atoms. The third kappa shape index (κ3) is 4.16. The van der Waals surface area contributed by atoms with E-state index in [1.165, 1.54) is 10.4 Å². The monoisotopic (exact) mass is 422 g/mol. The lowest BCUT2D eigenvalue weighted by Gasteiger charge is -2.23. The Labute approximate surface area is 180 Å². The van der Waals surface area contributed by atoms with Gasteiger partial charge >= 0.3 is 0 Å². The van der Waals surface area contributed by atoms with E-state index in [1.807, 2.05) is 17.9 Å². The van der Waals surface area contributed by atoms with Gasteiger partial charge in [0.05, 0.1) is 5.92 Å². The molecule has 4 rings (SSSR count). The molecule has 0 radical (unpaired) electrons. The van der Waals surface area contributed by atoms with Crippen LogP contribution >= 0.6 is 11.3 Å². The SMILES string of the molecule is CCN1CCN(C(=O)c2ccnn2C)C[C@@H](Cc2ccc(-c3cccs3)cc2)C1=O. The van der Waals surface area contributed by atoms with Gasteiger partial charge in [-0.1, -0.05) is 30.3 Å². The first-order chi connectivity index (χ1) is 14.6. The van der Waals surface area contributed by atoms with Gasteiger partial charge < -0.3 is 9.80 Å². The number of nitrogens with zero attached hydrogens (tertiary/aromatic N) is 4. The minimum Gasteiger partial charge on any atom is -0.341 e. The topological polar surface area (TPSA) is 58.4 Å². The molecule has 3 aromatic rings. The van der Waals surface area contributed by atoms with Gasteiger partial charge in [-0.2, -0.15) is 5.10 Å². The van der Waals surface area contributed by atoms with E-state index in [-0.39, 0.29) is 17.7 Å². The molecule has 6 nitrogen and oxygen atoms in total. The summed E-state index contributed by atoms with van der Waals surface area (Å²) in [6, 6.07) is 14.3. The summed E-state index contributed by atoms with van der Waals surface area (Å²) >= 11 is 1.72. The van der Waals surface area contributed by atoms with E-state index in [1.54, 1.807) is 40.2 Å². The molecule has 1 atom stereocenters. The second-order valence-electron chi connectivity index (χ2n) is 7.58. The maximum Gasteiger partial charge on any atom is 0.272 e. The number of rotatable bonds is 5. The number of aryl methyl sites for hydroxylation is 1. The van der Waals surface area contributed by atoms with Gasteiger partial charge in [-0.15, -0.1) is 11.3 Å². The van der Waals surface area contributed by atoms with Crippen LogP contribution in [0.5, 0.6) is 0 Å². The third-order valence-corrected chi connectivity index (χ3v) is 6.61. The van der Waals surface area contributed by atoms with Crippen molar-refractivity contribution < 1.29 is 9.59 Å². The number of likely N-dealkylation sites (N-methyl/N-ethyl adjacent to an activating group) is 1. The van der Waals surface area contributed by atoms with Gasteiger partial charge in [-0.3, -0.25) is 14.3 Å². The van der Waals surface area contributed by atoms with Gasteiger partial charge in [-0.05, 0) is 42.0 Å². The summed E-state index contributed by atoms with van der Waals surface area (Å²) in [5.74, 6) is -0.198. The fourth-order valence-corrected chi connectivity index (χ4v) is 4.71. The molecule has 30 heavy (non-hydrogen) atoms. The first-order valence-corrected chi connectivity index (χ1v) is 11.1. The van der Waals surface area contributed by atoms with Crippen molar-refractivity contribution in [3.63, 3.8) is 0 Å². The molecule has 1 aliphatic rings. The first-order valence-electron chi connectivity index (χ1n) is 10.3. The number of aromatic nitrogens is 2. The van der Waals surface area contributed by atoms with Gasteiger partial charge in [-0.25, -0.2) is 0 Å². The molecule has 2 amide bonds. The van der Waals surface area contributed by atoms with Crippen LogP contribution in [-0.4, -0.2) is 57.6 Å². The second kappa shape index (κ2) is 8.83. The zero-order valence-corrected chi connectivity index (χ0v) is 18.1. The van der Waals surface area contributed by atoms with Crippen LogP contribution in [0.1, 0.15) is 23.0 Å². The highest BCUT2D eigenvalue weighted by Crippen LogP contribution is 2.26. The molecule has 1 fully saturated rings. The number of thiophene rings is 1. The molecule has 7 heteroatoms. The maximum atomic E-state index is 13.1. The summed E-state index contributed by atoms with van der Waals surface area (Å²) in [6.07, 6.45) is 2.25. The van der Waals surface area contributed by atoms with Crippen LogP contribution in [0.2, 0.25) is 0 Å². The van der Waals surface area contributed by atoms with Crippen LogP contribution in [-0.2, 0) is 18.3 Å². The zero-order valence-electron chi connectivity index (χ0n) is 17.3. The van der Waals surface area contributed by atoms with E-state index in [2.05, 4.69) is 40.8 Å². The molecule has 3 heterocycles. The molecule has 1 saturated heterocycles. The van der Waals surface area contributed by atoms with Crippen molar-refractivity contribution >= 4 is 23.2 Å². The van der Waals surface area contributed by atoms with Crippen molar-refractivity contribution in [1.82, 2.24) is 19.6 Å². The molecule has 2 aromatic heterocycles. The molecule has 0 unspecified atom stereocenters. The Bertz CT molecular complexity index is 1010. The molecule has 0 N–H and O–H groups in total. The minimum absolute atomic E-state index is 0.0706. The fraction of sp³-hybridized carbons (Fsp3) is 0.348. The molecule has 0 aliphatic carbocycles. The summed E-state index contributed by atoms with van der Waals surface area (Å²) in [7, 11) is 1.77. The number of carbonyl (C=O) groups excluding carboxylic acids is 2. The smallest absolute Gasteiger partial charge is 0.272 e. The Kier molecular flexibility index (Phi) is 5.99. The molecule has 1 aromatic carbocycles. The van der Waals surface area contributed by atoms with E-state index in [0.29, 0.717) is 38.3 Å². The Balaban J connectivity index is 1.54. The van der Waals surface area contributed by atoms with Gasteiger partial charge in [0.25, 0.3) is 5.91 Å². The summed E-state index contributed by atoms with van der Waals surface area (Å²) in [4.78, 5) is 31.1. The summed E-state index contributed by atoms with van der Waals surface area (Å²) in [6.45, 7) is 4.17. The number of hydrogen-bond acceptors (Lipinski definition) is 4. The Morgan fingerprint density at radius 2 is 1.97 bits per heavy atom. The van der Waals surface area contributed by atoms with Crippen molar-refractivity contribution in [1.29, 1.82) is 0 Å². The Hall–Kier alpha value is -2.93. The van der Waals surface area contributed by atoms with E-state index in [4.69, 9.17) is 0 Å². The van der Waals surface area contributed by atoms with Crippen LogP contribution in [0.15, 0.2) is 54.0 Å². The average Bonchev–Trinajstić information content (AvgIpc) is 3.41. The first kappa shape index (κ1) is 20.3. The van der Waals surface area contributed by atoms with Crippen molar-refractivity contribution in [2.45, 2.75) is 13.3 Å². The lowest BCUT2D eigenvalue weighted by atomic mass is 9.96. The number of benzene rings is 1. The zero-order chi connectivity index (χ0) is 21.1. The molecule has 0 saturated carbocycles. The van der Waals surface area contributed by atoms with Gasteiger partial charge in [0.2, 0.25) is 5.91 Å². The largest absolute Gasteiger partial charge is 0.341 e. The highest BCUT2D eigenvalue weighted by atomic mass is 32.1. The molecule has 0 spiro atoms. The van der Waals surface area contributed by atoms with E-state index < -0.39 is 0 Å². The highest BCUT2D eigenvalue weighted by molar-refractivity contribution is 7.13. The highest BCUT2D eigenvalue weighted by Gasteiger charge is 2.32. The summed E-state index contributed by atoms with van der Waals surface area (Å²) < 4.78 is 1.59. The Morgan fingerprint density at radius 1 is 1.17 bits per heavy atom. The normalized spacial score (nSPS) is 17.3. The molecular formula is C23H26N4O2S. The molecular weight excluding hydrogens is 396 g/mol. The van der Waals surface area contributed by atoms with Gasteiger partial charge in [0, 0.05) is 44.3 Å². The number of carbonyl (C=O) groups is 2. The summed E-state index contributed by atoms with van der Waals surface area (Å²) in [5, 5.41) is 6.18. The molecule has 1 aliphatic heterocycles.